The van der Waals surface area contributed by atoms with Crippen molar-refractivity contribution in [1.82, 2.24) is 29.7 Å². The van der Waals surface area contributed by atoms with Gasteiger partial charge < -0.3 is 15.1 Å². The number of hydrogen-bond donors (Lipinski definition) is 1. The van der Waals surface area contributed by atoms with Gasteiger partial charge in [0, 0.05) is 60.5 Å². The van der Waals surface area contributed by atoms with Gasteiger partial charge in [-0.25, -0.2) is 19.9 Å². The van der Waals surface area contributed by atoms with E-state index in [1.807, 2.05) is 34.4 Å². The number of anilines is 2. The number of thiophene rings is 2. The van der Waals surface area contributed by atoms with Crippen molar-refractivity contribution in [1.29, 1.82) is 0 Å². The minimum Gasteiger partial charge on any atom is -0.349 e. The number of carbonyl (C=O) groups excluding carboxylic acids is 2. The van der Waals surface area contributed by atoms with Gasteiger partial charge in [0.2, 0.25) is 11.8 Å². The van der Waals surface area contributed by atoms with E-state index in [1.54, 1.807) is 38.8 Å². The number of aliphatic imine (C=N–C) groups is 1. The second-order valence-electron chi connectivity index (χ2n) is 12.7. The summed E-state index contributed by atoms with van der Waals surface area (Å²) in [5.74, 6) is 1.38. The first-order valence-corrected chi connectivity index (χ1v) is 18.6. The number of hydrogen-bond acceptors (Lipinski definition) is 10. The van der Waals surface area contributed by atoms with Crippen molar-refractivity contribution in [2.24, 2.45) is 16.8 Å². The average molecular weight is 766 g/mol. The molecular weight excluding hydrogens is 732 g/mol. The monoisotopic (exact) mass is 764 g/mol. The van der Waals surface area contributed by atoms with Crippen LogP contribution in [0.2, 0.25) is 5.15 Å². The Kier molecular flexibility index (Phi) is 9.22. The van der Waals surface area contributed by atoms with Crippen molar-refractivity contribution >= 4 is 100 Å². The van der Waals surface area contributed by atoms with Crippen LogP contribution >= 0.6 is 50.2 Å². The average Bonchev–Trinajstić information content (AvgIpc) is 3.79. The lowest BCUT2D eigenvalue weighted by atomic mass is 9.87. The SMILES string of the molecule is CN(C)C(=O)[C@H]1CCc2c(sc3ncnc(Cl)c23)C1.CN(C)C(=O)[C@H]1CCc2c(sc3ncnc(Nc4cc5c(cc4Br)CN=C5)c23)C1. The van der Waals surface area contributed by atoms with E-state index in [4.69, 9.17) is 11.6 Å². The normalized spacial score (nSPS) is 17.7. The maximum atomic E-state index is 12.4. The standard InChI is InChI=1S/C21H20BrN5OS.C13H14ClN3OS/c1-27(2)21(28)11-3-4-14-17(7-11)29-20-18(14)19(24-10-25-20)26-16-6-13-9-23-8-12(13)5-15(16)22;1-17(2)13(18)7-3-4-8-9(5-7)19-12-10(8)11(14)15-6-16-12/h5-6,9-11H,3-4,7-8H2,1-2H3,(H,24,25,26);6-7H,3-5H2,1-2H3/t11-;7-/m00/s1. The van der Waals surface area contributed by atoms with Crippen LogP contribution in [0.3, 0.4) is 0 Å². The number of aromatic nitrogens is 4. The van der Waals surface area contributed by atoms with Gasteiger partial charge in [0.25, 0.3) is 0 Å². The zero-order valence-electron chi connectivity index (χ0n) is 27.0. The molecule has 0 saturated carbocycles. The van der Waals surface area contributed by atoms with E-state index in [-0.39, 0.29) is 23.7 Å². The molecule has 1 aliphatic heterocycles. The summed E-state index contributed by atoms with van der Waals surface area (Å²) in [6.45, 7) is 0.733. The zero-order valence-corrected chi connectivity index (χ0v) is 31.0. The van der Waals surface area contributed by atoms with Gasteiger partial charge in [-0.1, -0.05) is 11.6 Å². The van der Waals surface area contributed by atoms with Crippen LogP contribution in [0, 0.1) is 11.8 Å². The summed E-state index contributed by atoms with van der Waals surface area (Å²) in [7, 11) is 7.28. The van der Waals surface area contributed by atoms with E-state index < -0.39 is 0 Å². The minimum atomic E-state index is 0.0556. The van der Waals surface area contributed by atoms with Gasteiger partial charge >= 0.3 is 0 Å². The van der Waals surface area contributed by atoms with Crippen LogP contribution in [0.5, 0.6) is 0 Å². The Hall–Kier alpha value is -3.52. The van der Waals surface area contributed by atoms with Crippen molar-refractivity contribution in [3.05, 3.63) is 66.4 Å². The summed E-state index contributed by atoms with van der Waals surface area (Å²) in [5, 5.41) is 6.11. The Balaban J connectivity index is 0.000000166. The highest BCUT2D eigenvalue weighted by Crippen LogP contribution is 2.42. The van der Waals surface area contributed by atoms with Gasteiger partial charge in [0.1, 0.15) is 33.3 Å². The smallest absolute Gasteiger partial charge is 0.225 e. The van der Waals surface area contributed by atoms with Crippen molar-refractivity contribution < 1.29 is 9.59 Å². The Morgan fingerprint density at radius 1 is 0.854 bits per heavy atom. The number of nitrogens with one attached hydrogen (secondary N) is 1. The maximum Gasteiger partial charge on any atom is 0.225 e. The molecule has 0 fully saturated rings. The highest BCUT2D eigenvalue weighted by molar-refractivity contribution is 9.10. The summed E-state index contributed by atoms with van der Waals surface area (Å²) in [6, 6.07) is 4.22. The number of halogens is 2. The second kappa shape index (κ2) is 13.4. The summed E-state index contributed by atoms with van der Waals surface area (Å²) >= 11 is 13.2. The van der Waals surface area contributed by atoms with E-state index in [0.717, 1.165) is 87.0 Å². The Morgan fingerprint density at radius 3 is 2.06 bits per heavy atom. The first-order chi connectivity index (χ1) is 23.1. The number of aryl methyl sites for hydroxylation is 2. The molecule has 0 bridgehead atoms. The van der Waals surface area contributed by atoms with Gasteiger partial charge in [-0.05, 0) is 88.8 Å². The number of benzene rings is 1. The molecule has 1 N–H and O–H groups in total. The lowest BCUT2D eigenvalue weighted by Crippen LogP contribution is -2.32. The molecule has 3 aliphatic rings. The highest BCUT2D eigenvalue weighted by Gasteiger charge is 2.31. The van der Waals surface area contributed by atoms with Crippen LogP contribution < -0.4 is 5.32 Å². The van der Waals surface area contributed by atoms with E-state index >= 15 is 0 Å². The molecule has 10 nitrogen and oxygen atoms in total. The van der Waals surface area contributed by atoms with Crippen LogP contribution in [0.15, 0.2) is 34.3 Å². The third-order valence-corrected chi connectivity index (χ3v) is 12.5. The summed E-state index contributed by atoms with van der Waals surface area (Å²) in [5.41, 5.74) is 5.86. The van der Waals surface area contributed by atoms with Crippen molar-refractivity contribution in [3.63, 3.8) is 0 Å². The van der Waals surface area contributed by atoms with Crippen LogP contribution in [-0.4, -0.2) is 76.0 Å². The van der Waals surface area contributed by atoms with Crippen LogP contribution in [0.4, 0.5) is 11.5 Å². The topological polar surface area (TPSA) is 117 Å². The van der Waals surface area contributed by atoms with Gasteiger partial charge in [0.05, 0.1) is 23.0 Å². The predicted octanol–water partition coefficient (Wildman–Crippen LogP) is 6.86. The fourth-order valence-corrected chi connectivity index (χ4v) is 10.1. The molecule has 2 aliphatic carbocycles. The van der Waals surface area contributed by atoms with Crippen molar-refractivity contribution in [3.8, 4) is 0 Å². The molecule has 48 heavy (non-hydrogen) atoms. The zero-order chi connectivity index (χ0) is 33.7. The molecule has 4 aromatic heterocycles. The molecule has 0 saturated heterocycles. The van der Waals surface area contributed by atoms with Crippen LogP contribution in [-0.2, 0) is 41.8 Å². The fraction of sp³-hybridized carbons (Fsp3) is 0.382. The molecule has 14 heteroatoms. The Labute approximate surface area is 299 Å². The highest BCUT2D eigenvalue weighted by atomic mass is 79.9. The number of nitrogens with zero attached hydrogens (tertiary/aromatic N) is 7. The minimum absolute atomic E-state index is 0.0556. The van der Waals surface area contributed by atoms with Gasteiger partial charge in [-0.15, -0.1) is 22.7 Å². The second-order valence-corrected chi connectivity index (χ2v) is 16.1. The van der Waals surface area contributed by atoms with Crippen molar-refractivity contribution in [2.75, 3.05) is 33.5 Å². The van der Waals surface area contributed by atoms with Crippen LogP contribution in [0.25, 0.3) is 20.4 Å². The quantitative estimate of drug-likeness (QED) is 0.199. The Bertz CT molecular complexity index is 2110. The molecule has 2 atom stereocenters. The molecule has 0 radical (unpaired) electrons. The summed E-state index contributed by atoms with van der Waals surface area (Å²) in [4.78, 5) is 54.0. The molecule has 0 unspecified atom stereocenters. The molecule has 0 spiro atoms. The molecule has 5 aromatic rings. The van der Waals surface area contributed by atoms with Crippen LogP contribution in [0.1, 0.15) is 44.8 Å². The van der Waals surface area contributed by atoms with E-state index in [2.05, 4.69) is 58.3 Å². The molecule has 2 amide bonds. The lowest BCUT2D eigenvalue weighted by Gasteiger charge is -2.24. The lowest BCUT2D eigenvalue weighted by molar-refractivity contribution is -0.134. The number of rotatable bonds is 4. The Morgan fingerprint density at radius 2 is 1.44 bits per heavy atom. The molecular formula is C34H34BrClN8O2S2. The molecule has 5 heterocycles. The number of carbonyl (C=O) groups is 2. The third-order valence-electron chi connectivity index (χ3n) is 9.20. The number of fused-ring (bicyclic) bond motifs is 7. The summed E-state index contributed by atoms with van der Waals surface area (Å²) in [6.07, 6.45) is 10.1. The van der Waals surface area contributed by atoms with Gasteiger partial charge in [-0.3, -0.25) is 14.6 Å². The third kappa shape index (κ3) is 6.21. The maximum absolute atomic E-state index is 12.4. The predicted molar refractivity (Wildman–Crippen MR) is 197 cm³/mol. The van der Waals surface area contributed by atoms with Gasteiger partial charge in [0.15, 0.2) is 0 Å². The fourth-order valence-electron chi connectivity index (χ4n) is 6.78. The van der Waals surface area contributed by atoms with Crippen molar-refractivity contribution in [2.45, 2.75) is 45.1 Å². The molecule has 248 valence electrons. The first kappa shape index (κ1) is 33.0. The molecule has 1 aromatic carbocycles. The van der Waals surface area contributed by atoms with E-state index in [9.17, 15) is 9.59 Å². The molecule has 8 rings (SSSR count). The number of amides is 2. The largest absolute Gasteiger partial charge is 0.349 e. The first-order valence-electron chi connectivity index (χ1n) is 15.8. The van der Waals surface area contributed by atoms with E-state index in [1.165, 1.54) is 32.8 Å². The summed E-state index contributed by atoms with van der Waals surface area (Å²) < 4.78 is 0.995. The van der Waals surface area contributed by atoms with E-state index in [0.29, 0.717) is 5.15 Å². The van der Waals surface area contributed by atoms with Gasteiger partial charge in [-0.2, -0.15) is 0 Å².